The van der Waals surface area contributed by atoms with Gasteiger partial charge in [0.15, 0.2) is 0 Å². The van der Waals surface area contributed by atoms with Crippen LogP contribution in [0.25, 0.3) is 0 Å². The number of rotatable bonds is 6. The second kappa shape index (κ2) is 8.29. The summed E-state index contributed by atoms with van der Waals surface area (Å²) in [4.78, 5) is 16.3. The molecule has 1 aliphatic heterocycles. The molecule has 1 aromatic rings. The Morgan fingerprint density at radius 1 is 1.21 bits per heavy atom. The van der Waals surface area contributed by atoms with E-state index in [1.807, 2.05) is 13.1 Å². The third kappa shape index (κ3) is 5.44. The van der Waals surface area contributed by atoms with E-state index >= 15 is 0 Å². The molecule has 0 bridgehead atoms. The maximum Gasteiger partial charge on any atom is 0.223 e. The molecule has 0 atom stereocenters. The van der Waals surface area contributed by atoms with Crippen molar-refractivity contribution in [1.82, 2.24) is 14.1 Å². The highest BCUT2D eigenvalue weighted by Gasteiger charge is 2.23. The summed E-state index contributed by atoms with van der Waals surface area (Å²) in [6.07, 6.45) is 1.34. The summed E-state index contributed by atoms with van der Waals surface area (Å²) >= 11 is 6.12. The van der Waals surface area contributed by atoms with Crippen LogP contribution in [0, 0.1) is 0 Å². The van der Waals surface area contributed by atoms with E-state index in [2.05, 4.69) is 4.90 Å². The van der Waals surface area contributed by atoms with Gasteiger partial charge in [0.1, 0.15) is 0 Å². The summed E-state index contributed by atoms with van der Waals surface area (Å²) in [5.74, 6) is -0.00379. The number of nitrogens with zero attached hydrogens (tertiary/aromatic N) is 3. The van der Waals surface area contributed by atoms with Gasteiger partial charge in [0.05, 0.1) is 6.26 Å². The topological polar surface area (TPSA) is 60.9 Å². The first-order chi connectivity index (χ1) is 11.3. The van der Waals surface area contributed by atoms with Crippen LogP contribution < -0.4 is 0 Å². The average Bonchev–Trinajstić information content (AvgIpc) is 2.52. The van der Waals surface area contributed by atoms with Gasteiger partial charge in [-0.1, -0.05) is 29.8 Å². The van der Waals surface area contributed by atoms with Gasteiger partial charge in [-0.3, -0.25) is 4.79 Å². The molecule has 8 heteroatoms. The first-order valence-corrected chi connectivity index (χ1v) is 10.1. The van der Waals surface area contributed by atoms with Crippen LogP contribution in [0.5, 0.6) is 0 Å². The molecule has 1 heterocycles. The molecule has 0 unspecified atom stereocenters. The van der Waals surface area contributed by atoms with Crippen molar-refractivity contribution in [3.63, 3.8) is 0 Å². The van der Waals surface area contributed by atoms with E-state index in [9.17, 15) is 13.2 Å². The standard InChI is InChI=1S/C16H24ClN3O3S/c1-18-9-11-19(12-10-18)16(21)7-8-20(24(2,22)23)13-14-5-3-4-6-15(14)17/h3-6H,7-13H2,1-2H3. The fraction of sp³-hybridized carbons (Fsp3) is 0.562. The van der Waals surface area contributed by atoms with Crippen molar-refractivity contribution in [2.75, 3.05) is 46.0 Å². The molecule has 1 fully saturated rings. The number of piperazine rings is 1. The minimum atomic E-state index is -3.42. The molecule has 24 heavy (non-hydrogen) atoms. The van der Waals surface area contributed by atoms with Gasteiger partial charge in [0, 0.05) is 50.7 Å². The molecule has 0 N–H and O–H groups in total. The Kier molecular flexibility index (Phi) is 6.62. The summed E-state index contributed by atoms with van der Waals surface area (Å²) in [5.41, 5.74) is 0.733. The molecule has 2 rings (SSSR count). The molecule has 0 spiro atoms. The SMILES string of the molecule is CN1CCN(C(=O)CCN(Cc2ccccc2Cl)S(C)(=O)=O)CC1. The second-order valence-corrected chi connectivity index (χ2v) is 8.51. The molecular formula is C16H24ClN3O3S. The molecule has 0 aliphatic carbocycles. The van der Waals surface area contributed by atoms with Gasteiger partial charge in [0.2, 0.25) is 15.9 Å². The Balaban J connectivity index is 1.97. The van der Waals surface area contributed by atoms with Gasteiger partial charge in [0.25, 0.3) is 0 Å². The summed E-state index contributed by atoms with van der Waals surface area (Å²) < 4.78 is 25.4. The highest BCUT2D eigenvalue weighted by atomic mass is 35.5. The van der Waals surface area contributed by atoms with Gasteiger partial charge in [-0.25, -0.2) is 8.42 Å². The largest absolute Gasteiger partial charge is 0.340 e. The minimum absolute atomic E-state index is 0.00379. The third-order valence-corrected chi connectivity index (χ3v) is 5.82. The first kappa shape index (κ1) is 19.2. The molecule has 0 radical (unpaired) electrons. The van der Waals surface area contributed by atoms with Crippen LogP contribution >= 0.6 is 11.6 Å². The van der Waals surface area contributed by atoms with Crippen LogP contribution in [0.1, 0.15) is 12.0 Å². The van der Waals surface area contributed by atoms with Crippen molar-refractivity contribution in [3.05, 3.63) is 34.9 Å². The van der Waals surface area contributed by atoms with Gasteiger partial charge >= 0.3 is 0 Å². The molecule has 6 nitrogen and oxygen atoms in total. The zero-order valence-electron chi connectivity index (χ0n) is 14.1. The lowest BCUT2D eigenvalue weighted by Crippen LogP contribution is -2.47. The van der Waals surface area contributed by atoms with Crippen molar-refractivity contribution < 1.29 is 13.2 Å². The van der Waals surface area contributed by atoms with Crippen LogP contribution in [-0.4, -0.2) is 74.5 Å². The van der Waals surface area contributed by atoms with Gasteiger partial charge < -0.3 is 9.80 Å². The molecule has 1 saturated heterocycles. The van der Waals surface area contributed by atoms with E-state index in [-0.39, 0.29) is 25.4 Å². The van der Waals surface area contributed by atoms with Crippen molar-refractivity contribution in [1.29, 1.82) is 0 Å². The maximum absolute atomic E-state index is 12.3. The molecule has 0 saturated carbocycles. The molecule has 1 aromatic carbocycles. The number of carbonyl (C=O) groups excluding carboxylic acids is 1. The van der Waals surface area contributed by atoms with Gasteiger partial charge in [-0.05, 0) is 18.7 Å². The van der Waals surface area contributed by atoms with Gasteiger partial charge in [-0.15, -0.1) is 0 Å². The van der Waals surface area contributed by atoms with Crippen molar-refractivity contribution >= 4 is 27.5 Å². The van der Waals surface area contributed by atoms with Crippen molar-refractivity contribution in [3.8, 4) is 0 Å². The molecule has 1 amide bonds. The zero-order valence-corrected chi connectivity index (χ0v) is 15.7. The summed E-state index contributed by atoms with van der Waals surface area (Å²) in [5, 5.41) is 0.525. The smallest absolute Gasteiger partial charge is 0.223 e. The minimum Gasteiger partial charge on any atom is -0.340 e. The predicted molar refractivity (Wildman–Crippen MR) is 95.4 cm³/mol. The average molecular weight is 374 g/mol. The quantitative estimate of drug-likeness (QED) is 0.753. The number of likely N-dealkylation sites (N-methyl/N-ethyl adjacent to an activating group) is 1. The number of amides is 1. The lowest BCUT2D eigenvalue weighted by Gasteiger charge is -2.33. The number of hydrogen-bond donors (Lipinski definition) is 0. The Morgan fingerprint density at radius 2 is 1.83 bits per heavy atom. The molecule has 134 valence electrons. The van der Waals surface area contributed by atoms with Crippen LogP contribution in [0.15, 0.2) is 24.3 Å². The van der Waals surface area contributed by atoms with E-state index < -0.39 is 10.0 Å². The maximum atomic E-state index is 12.3. The third-order valence-electron chi connectivity index (χ3n) is 4.20. The second-order valence-electron chi connectivity index (χ2n) is 6.12. The number of carbonyl (C=O) groups is 1. The lowest BCUT2D eigenvalue weighted by atomic mass is 10.2. The highest BCUT2D eigenvalue weighted by molar-refractivity contribution is 7.88. The van der Waals surface area contributed by atoms with Crippen LogP contribution in [0.2, 0.25) is 5.02 Å². The summed E-state index contributed by atoms with van der Waals surface area (Å²) in [6.45, 7) is 3.42. The number of benzene rings is 1. The fourth-order valence-corrected chi connectivity index (χ4v) is 3.61. The van der Waals surface area contributed by atoms with Crippen LogP contribution in [0.4, 0.5) is 0 Å². The Morgan fingerprint density at radius 3 is 2.42 bits per heavy atom. The molecule has 0 aromatic heterocycles. The molecule has 1 aliphatic rings. The Hall–Kier alpha value is -1.15. The van der Waals surface area contributed by atoms with Crippen molar-refractivity contribution in [2.45, 2.75) is 13.0 Å². The predicted octanol–water partition coefficient (Wildman–Crippen LogP) is 1.27. The monoisotopic (exact) mass is 373 g/mol. The van der Waals surface area contributed by atoms with E-state index in [1.54, 1.807) is 23.1 Å². The highest BCUT2D eigenvalue weighted by Crippen LogP contribution is 2.18. The summed E-state index contributed by atoms with van der Waals surface area (Å²) in [6, 6.07) is 7.14. The first-order valence-electron chi connectivity index (χ1n) is 7.92. The lowest BCUT2D eigenvalue weighted by molar-refractivity contribution is -0.132. The zero-order chi connectivity index (χ0) is 17.7. The van der Waals surface area contributed by atoms with Crippen LogP contribution in [-0.2, 0) is 21.4 Å². The number of sulfonamides is 1. The van der Waals surface area contributed by atoms with Crippen molar-refractivity contribution in [2.24, 2.45) is 0 Å². The van der Waals surface area contributed by atoms with Gasteiger partial charge in [-0.2, -0.15) is 4.31 Å². The van der Waals surface area contributed by atoms with E-state index in [0.717, 1.165) is 24.9 Å². The van der Waals surface area contributed by atoms with E-state index in [4.69, 9.17) is 11.6 Å². The van der Waals surface area contributed by atoms with E-state index in [0.29, 0.717) is 18.1 Å². The Labute approximate surface area is 149 Å². The number of halogens is 1. The van der Waals surface area contributed by atoms with Crippen LogP contribution in [0.3, 0.4) is 0 Å². The molecular weight excluding hydrogens is 350 g/mol. The summed E-state index contributed by atoms with van der Waals surface area (Å²) in [7, 11) is -1.39. The van der Waals surface area contributed by atoms with E-state index in [1.165, 1.54) is 4.31 Å². The number of hydrogen-bond acceptors (Lipinski definition) is 4. The fourth-order valence-electron chi connectivity index (χ4n) is 2.61. The Bertz CT molecular complexity index is 673. The normalized spacial score (nSPS) is 16.6.